The Morgan fingerprint density at radius 3 is 2.82 bits per heavy atom. The highest BCUT2D eigenvalue weighted by Crippen LogP contribution is 2.31. The van der Waals surface area contributed by atoms with E-state index in [1.807, 2.05) is 37.3 Å². The van der Waals surface area contributed by atoms with Crippen LogP contribution in [-0.4, -0.2) is 30.1 Å². The molecule has 3 aromatic rings. The zero-order chi connectivity index (χ0) is 19.7. The molecule has 0 saturated carbocycles. The smallest absolute Gasteiger partial charge is 0.258 e. The highest BCUT2D eigenvalue weighted by atomic mass is 16.5. The quantitative estimate of drug-likeness (QED) is 0.735. The van der Waals surface area contributed by atoms with Gasteiger partial charge in [-0.15, -0.1) is 0 Å². The number of fused-ring (bicyclic) bond motifs is 1. The van der Waals surface area contributed by atoms with E-state index in [9.17, 15) is 4.79 Å². The van der Waals surface area contributed by atoms with E-state index < -0.39 is 0 Å². The number of hydrogen-bond acceptors (Lipinski definition) is 4. The predicted octanol–water partition coefficient (Wildman–Crippen LogP) is 1.94. The summed E-state index contributed by atoms with van der Waals surface area (Å²) < 4.78 is 12.7. The molecule has 1 aliphatic heterocycles. The van der Waals surface area contributed by atoms with Crippen molar-refractivity contribution < 1.29 is 14.4 Å². The number of pyridine rings is 1. The molecule has 1 aromatic carbocycles. The Hall–Kier alpha value is -2.86. The lowest BCUT2D eigenvalue weighted by atomic mass is 10.0. The normalized spacial score (nSPS) is 19.1. The average Bonchev–Trinajstić information content (AvgIpc) is 3.15. The van der Waals surface area contributed by atoms with Gasteiger partial charge in [-0.05, 0) is 37.3 Å². The Kier molecular flexibility index (Phi) is 5.05. The molecule has 1 fully saturated rings. The van der Waals surface area contributed by atoms with Gasteiger partial charge in [0.05, 0.1) is 26.3 Å². The second kappa shape index (κ2) is 7.64. The van der Waals surface area contributed by atoms with Crippen molar-refractivity contribution in [1.29, 1.82) is 0 Å². The molecule has 2 atom stereocenters. The van der Waals surface area contributed by atoms with Crippen molar-refractivity contribution in [3.63, 3.8) is 0 Å². The zero-order valence-electron chi connectivity index (χ0n) is 16.6. The van der Waals surface area contributed by atoms with Gasteiger partial charge in [0.25, 0.3) is 5.56 Å². The topological polar surface area (TPSA) is 57.3 Å². The van der Waals surface area contributed by atoms with Crippen molar-refractivity contribution in [3.8, 4) is 11.5 Å². The minimum atomic E-state index is -0.0211. The fourth-order valence-electron chi connectivity index (χ4n) is 4.30. The second-order valence-electron chi connectivity index (χ2n) is 7.33. The van der Waals surface area contributed by atoms with Gasteiger partial charge in [-0.1, -0.05) is 6.07 Å². The van der Waals surface area contributed by atoms with Gasteiger partial charge in [0, 0.05) is 24.6 Å². The molecule has 1 saturated heterocycles. The van der Waals surface area contributed by atoms with Gasteiger partial charge < -0.3 is 14.4 Å². The fraction of sp³-hybridized carbons (Fsp3) is 0.364. The van der Waals surface area contributed by atoms with E-state index in [1.54, 1.807) is 24.7 Å². The minimum Gasteiger partial charge on any atom is -0.497 e. The fourth-order valence-corrected chi connectivity index (χ4v) is 4.30. The van der Waals surface area contributed by atoms with Gasteiger partial charge in [-0.25, -0.2) is 4.98 Å². The Morgan fingerprint density at radius 1 is 1.18 bits per heavy atom. The maximum Gasteiger partial charge on any atom is 0.258 e. The van der Waals surface area contributed by atoms with Crippen molar-refractivity contribution in [3.05, 3.63) is 69.8 Å². The van der Waals surface area contributed by atoms with Crippen LogP contribution >= 0.6 is 0 Å². The number of aromatic nitrogens is 2. The predicted molar refractivity (Wildman–Crippen MR) is 107 cm³/mol. The molecule has 6 heteroatoms. The lowest BCUT2D eigenvalue weighted by molar-refractivity contribution is -0.932. The first-order valence-electron chi connectivity index (χ1n) is 9.65. The van der Waals surface area contributed by atoms with Crippen molar-refractivity contribution in [2.24, 2.45) is 0 Å². The maximum atomic E-state index is 12.6. The Bertz CT molecular complexity index is 1060. The van der Waals surface area contributed by atoms with Crippen LogP contribution in [0.25, 0.3) is 5.65 Å². The monoisotopic (exact) mass is 380 g/mol. The standard InChI is InChI=1S/C22H25N3O3/c1-15-6-4-8-21-23-16(12-22(26)25(15)21)14-24-11-5-7-19(24)18-13-17(27-2)9-10-20(18)28-3/h4,6,8-10,12-13,19H,5,7,11,14H2,1-3H3/p+1/t19-/m1/s1. The molecular formula is C22H26N3O3+. The molecule has 6 nitrogen and oxygen atoms in total. The molecule has 2 aromatic heterocycles. The summed E-state index contributed by atoms with van der Waals surface area (Å²) in [6.45, 7) is 3.68. The first-order valence-corrected chi connectivity index (χ1v) is 9.65. The molecule has 0 spiro atoms. The second-order valence-corrected chi connectivity index (χ2v) is 7.33. The number of hydrogen-bond donors (Lipinski definition) is 1. The number of ether oxygens (including phenoxy) is 2. The number of rotatable bonds is 5. The SMILES string of the molecule is COc1ccc(OC)c([C@H]2CCC[NH+]2Cc2cc(=O)n3c(C)cccc3n2)c1. The van der Waals surface area contributed by atoms with E-state index in [1.165, 1.54) is 4.90 Å². The summed E-state index contributed by atoms with van der Waals surface area (Å²) in [4.78, 5) is 18.8. The van der Waals surface area contributed by atoms with Crippen LogP contribution in [0.5, 0.6) is 11.5 Å². The van der Waals surface area contributed by atoms with Crippen molar-refractivity contribution >= 4 is 5.65 Å². The number of likely N-dealkylation sites (tertiary alicyclic amines) is 1. The molecule has 4 rings (SSSR count). The number of nitrogens with one attached hydrogen (secondary N) is 1. The minimum absolute atomic E-state index is 0.0211. The molecule has 3 heterocycles. The largest absolute Gasteiger partial charge is 0.497 e. The van der Waals surface area contributed by atoms with Crippen LogP contribution in [-0.2, 0) is 6.54 Å². The highest BCUT2D eigenvalue weighted by Gasteiger charge is 2.33. The van der Waals surface area contributed by atoms with Crippen LogP contribution < -0.4 is 19.9 Å². The van der Waals surface area contributed by atoms with Gasteiger partial charge in [0.1, 0.15) is 35.4 Å². The third-order valence-electron chi connectivity index (χ3n) is 5.64. The number of nitrogens with zero attached hydrogens (tertiary/aromatic N) is 2. The van der Waals surface area contributed by atoms with E-state index >= 15 is 0 Å². The molecule has 146 valence electrons. The average molecular weight is 380 g/mol. The molecule has 0 radical (unpaired) electrons. The first-order chi connectivity index (χ1) is 13.6. The lowest BCUT2D eigenvalue weighted by Crippen LogP contribution is -3.09. The van der Waals surface area contributed by atoms with Crippen molar-refractivity contribution in [1.82, 2.24) is 9.38 Å². The summed E-state index contributed by atoms with van der Waals surface area (Å²) in [7, 11) is 3.38. The summed E-state index contributed by atoms with van der Waals surface area (Å²) in [5, 5.41) is 0. The Morgan fingerprint density at radius 2 is 2.04 bits per heavy atom. The highest BCUT2D eigenvalue weighted by molar-refractivity contribution is 5.42. The number of quaternary nitrogens is 1. The number of benzene rings is 1. The van der Waals surface area contributed by atoms with Crippen LogP contribution in [0.3, 0.4) is 0 Å². The summed E-state index contributed by atoms with van der Waals surface area (Å²) in [6.07, 6.45) is 2.20. The molecular weight excluding hydrogens is 354 g/mol. The van der Waals surface area contributed by atoms with Crippen molar-refractivity contribution in [2.75, 3.05) is 20.8 Å². The summed E-state index contributed by atoms with van der Waals surface area (Å²) in [5.74, 6) is 1.71. The van der Waals surface area contributed by atoms with E-state index in [0.717, 1.165) is 47.8 Å². The summed E-state index contributed by atoms with van der Waals surface area (Å²) >= 11 is 0. The van der Waals surface area contributed by atoms with E-state index in [0.29, 0.717) is 18.2 Å². The molecule has 1 N–H and O–H groups in total. The van der Waals surface area contributed by atoms with E-state index in [4.69, 9.17) is 14.5 Å². The lowest BCUT2D eigenvalue weighted by Gasteiger charge is -2.23. The van der Waals surface area contributed by atoms with E-state index in [2.05, 4.69) is 6.07 Å². The molecule has 1 aliphatic rings. The third kappa shape index (κ3) is 3.36. The molecule has 0 aliphatic carbocycles. The van der Waals surface area contributed by atoms with Gasteiger partial charge in [-0.2, -0.15) is 0 Å². The Balaban J connectivity index is 1.67. The molecule has 0 amide bonds. The first kappa shape index (κ1) is 18.5. The van der Waals surface area contributed by atoms with Gasteiger partial charge in [-0.3, -0.25) is 9.20 Å². The van der Waals surface area contributed by atoms with Crippen LogP contribution in [0, 0.1) is 6.92 Å². The van der Waals surface area contributed by atoms with Gasteiger partial charge in [0.2, 0.25) is 0 Å². The molecule has 0 bridgehead atoms. The van der Waals surface area contributed by atoms with Crippen LogP contribution in [0.4, 0.5) is 0 Å². The van der Waals surface area contributed by atoms with Crippen molar-refractivity contribution in [2.45, 2.75) is 32.4 Å². The Labute approximate surface area is 164 Å². The van der Waals surface area contributed by atoms with Crippen LogP contribution in [0.2, 0.25) is 0 Å². The molecule has 1 unspecified atom stereocenters. The van der Waals surface area contributed by atoms with Gasteiger partial charge >= 0.3 is 0 Å². The maximum absolute atomic E-state index is 12.6. The van der Waals surface area contributed by atoms with E-state index in [-0.39, 0.29) is 5.56 Å². The third-order valence-corrected chi connectivity index (χ3v) is 5.64. The summed E-state index contributed by atoms with van der Waals surface area (Å²) in [6, 6.07) is 13.7. The zero-order valence-corrected chi connectivity index (χ0v) is 16.6. The number of aryl methyl sites for hydroxylation is 1. The van der Waals surface area contributed by atoms with Crippen LogP contribution in [0.1, 0.15) is 35.8 Å². The summed E-state index contributed by atoms with van der Waals surface area (Å²) in [5.41, 5.74) is 3.57. The number of methoxy groups -OCH3 is 2. The molecule has 28 heavy (non-hydrogen) atoms. The van der Waals surface area contributed by atoms with Crippen LogP contribution in [0.15, 0.2) is 47.3 Å². The van der Waals surface area contributed by atoms with Gasteiger partial charge in [0.15, 0.2) is 0 Å².